The Bertz CT molecular complexity index is 563. The molecule has 0 saturated carbocycles. The van der Waals surface area contributed by atoms with Crippen LogP contribution in [0.1, 0.15) is 30.4 Å². The quantitative estimate of drug-likeness (QED) is 0.553. The van der Waals surface area contributed by atoms with Crippen molar-refractivity contribution in [2.75, 3.05) is 13.1 Å². The second-order valence-corrected chi connectivity index (χ2v) is 6.65. The third-order valence-corrected chi connectivity index (χ3v) is 4.93. The van der Waals surface area contributed by atoms with E-state index < -0.39 is 10.2 Å². The number of nitrogen functional groups attached to an aromatic ring is 1. The van der Waals surface area contributed by atoms with Gasteiger partial charge < -0.3 is 5.73 Å². The zero-order valence-corrected chi connectivity index (χ0v) is 12.1. The summed E-state index contributed by atoms with van der Waals surface area (Å²) in [6.45, 7) is 1.44. The minimum atomic E-state index is -3.39. The molecule has 0 unspecified atom stereocenters. The molecular weight excluding hydrogens is 276 g/mol. The van der Waals surface area contributed by atoms with Gasteiger partial charge in [-0.1, -0.05) is 30.7 Å². The van der Waals surface area contributed by atoms with Gasteiger partial charge in [0, 0.05) is 25.2 Å². The largest absolute Gasteiger partial charge is 0.384 e. The highest BCUT2D eigenvalue weighted by atomic mass is 32.2. The zero-order chi connectivity index (χ0) is 14.6. The Morgan fingerprint density at radius 2 is 1.80 bits per heavy atom. The van der Waals surface area contributed by atoms with Crippen molar-refractivity contribution >= 4 is 16.0 Å². The van der Waals surface area contributed by atoms with Gasteiger partial charge in [-0.25, -0.2) is 0 Å². The van der Waals surface area contributed by atoms with Gasteiger partial charge in [0.05, 0.1) is 0 Å². The number of amidine groups is 1. The van der Waals surface area contributed by atoms with E-state index in [4.69, 9.17) is 11.1 Å². The number of nitrogens with zero attached hydrogens (tertiary/aromatic N) is 1. The molecule has 0 spiro atoms. The molecule has 1 aliphatic rings. The molecule has 1 aliphatic heterocycles. The Morgan fingerprint density at radius 3 is 2.35 bits per heavy atom. The molecule has 1 fully saturated rings. The van der Waals surface area contributed by atoms with Crippen LogP contribution in [-0.4, -0.2) is 31.6 Å². The molecule has 20 heavy (non-hydrogen) atoms. The molecule has 6 nitrogen and oxygen atoms in total. The smallest absolute Gasteiger partial charge is 0.279 e. The standard InChI is InChI=1S/C13H20N4O2S/c14-13(15)12-6-4-11(5-7-12)10-16-20(18,19)17-8-2-1-3-9-17/h4-7,16H,1-3,8-10H2,(H3,14,15). The number of piperidine rings is 1. The molecule has 110 valence electrons. The first-order valence-corrected chi connectivity index (χ1v) is 8.11. The molecule has 0 atom stereocenters. The van der Waals surface area contributed by atoms with Crippen molar-refractivity contribution in [1.82, 2.24) is 9.03 Å². The molecule has 1 aromatic carbocycles. The lowest BCUT2D eigenvalue weighted by Crippen LogP contribution is -2.43. The lowest BCUT2D eigenvalue weighted by atomic mass is 10.1. The van der Waals surface area contributed by atoms with Crippen molar-refractivity contribution in [2.45, 2.75) is 25.8 Å². The molecule has 1 heterocycles. The van der Waals surface area contributed by atoms with Gasteiger partial charge in [-0.3, -0.25) is 5.41 Å². The normalized spacial score (nSPS) is 17.0. The van der Waals surface area contributed by atoms with Crippen LogP contribution >= 0.6 is 0 Å². The van der Waals surface area contributed by atoms with Crippen molar-refractivity contribution in [3.8, 4) is 0 Å². The summed E-state index contributed by atoms with van der Waals surface area (Å²) in [4.78, 5) is 0. The summed E-state index contributed by atoms with van der Waals surface area (Å²) in [6, 6.07) is 6.98. The fraction of sp³-hybridized carbons (Fsp3) is 0.462. The van der Waals surface area contributed by atoms with Gasteiger partial charge >= 0.3 is 0 Å². The highest BCUT2D eigenvalue weighted by Crippen LogP contribution is 2.12. The van der Waals surface area contributed by atoms with E-state index in [1.54, 1.807) is 24.3 Å². The second-order valence-electron chi connectivity index (χ2n) is 4.90. The Balaban J connectivity index is 1.95. The number of benzene rings is 1. The molecule has 0 aliphatic carbocycles. The first-order chi connectivity index (χ1) is 9.49. The summed E-state index contributed by atoms with van der Waals surface area (Å²) >= 11 is 0. The van der Waals surface area contributed by atoms with Crippen LogP contribution in [0.2, 0.25) is 0 Å². The molecule has 0 radical (unpaired) electrons. The van der Waals surface area contributed by atoms with Crippen LogP contribution in [0.15, 0.2) is 24.3 Å². The summed E-state index contributed by atoms with van der Waals surface area (Å²) in [5, 5.41) is 7.30. The lowest BCUT2D eigenvalue weighted by Gasteiger charge is -2.25. The van der Waals surface area contributed by atoms with E-state index in [0.717, 1.165) is 24.8 Å². The molecule has 1 saturated heterocycles. The van der Waals surface area contributed by atoms with Gasteiger partial charge in [-0.05, 0) is 18.4 Å². The fourth-order valence-corrected chi connectivity index (χ4v) is 3.44. The van der Waals surface area contributed by atoms with Crippen molar-refractivity contribution < 1.29 is 8.42 Å². The number of nitrogens with one attached hydrogen (secondary N) is 2. The summed E-state index contributed by atoms with van der Waals surface area (Å²) in [5.41, 5.74) is 6.84. The average Bonchev–Trinajstić information content (AvgIpc) is 2.46. The summed E-state index contributed by atoms with van der Waals surface area (Å²) in [5.74, 6) is 0.00504. The monoisotopic (exact) mass is 296 g/mol. The highest BCUT2D eigenvalue weighted by Gasteiger charge is 2.23. The molecule has 0 bridgehead atoms. The first-order valence-electron chi connectivity index (χ1n) is 6.67. The third-order valence-electron chi connectivity index (χ3n) is 3.38. The first kappa shape index (κ1) is 15.0. The highest BCUT2D eigenvalue weighted by molar-refractivity contribution is 7.87. The van der Waals surface area contributed by atoms with E-state index in [9.17, 15) is 8.42 Å². The summed E-state index contributed by atoms with van der Waals surface area (Å²) < 4.78 is 28.3. The maximum atomic E-state index is 12.1. The fourth-order valence-electron chi connectivity index (χ4n) is 2.17. The van der Waals surface area contributed by atoms with Gasteiger partial charge in [0.15, 0.2) is 0 Å². The van der Waals surface area contributed by atoms with E-state index in [0.29, 0.717) is 18.7 Å². The molecule has 7 heteroatoms. The van der Waals surface area contributed by atoms with Crippen LogP contribution in [0.3, 0.4) is 0 Å². The van der Waals surface area contributed by atoms with Gasteiger partial charge in [0.25, 0.3) is 10.2 Å². The Labute approximate surface area is 119 Å². The lowest BCUT2D eigenvalue weighted by molar-refractivity contribution is 0.341. The molecule has 4 N–H and O–H groups in total. The number of nitrogens with two attached hydrogens (primary N) is 1. The molecule has 1 aromatic rings. The SMILES string of the molecule is N=C(N)c1ccc(CNS(=O)(=O)N2CCCCC2)cc1. The van der Waals surface area contributed by atoms with E-state index in [1.807, 2.05) is 0 Å². The predicted octanol–water partition coefficient (Wildman–Crippen LogP) is 0.791. The number of rotatable bonds is 5. The van der Waals surface area contributed by atoms with Crippen molar-refractivity contribution in [2.24, 2.45) is 5.73 Å². The molecule has 0 aromatic heterocycles. The van der Waals surface area contributed by atoms with Crippen LogP contribution in [0.4, 0.5) is 0 Å². The predicted molar refractivity (Wildman–Crippen MR) is 78.6 cm³/mol. The van der Waals surface area contributed by atoms with E-state index in [2.05, 4.69) is 4.72 Å². The van der Waals surface area contributed by atoms with Gasteiger partial charge in [-0.15, -0.1) is 0 Å². The second kappa shape index (κ2) is 6.34. The van der Waals surface area contributed by atoms with Crippen LogP contribution in [-0.2, 0) is 16.8 Å². The average molecular weight is 296 g/mol. The van der Waals surface area contributed by atoms with Crippen molar-refractivity contribution in [3.05, 3.63) is 35.4 Å². The van der Waals surface area contributed by atoms with Gasteiger partial charge in [-0.2, -0.15) is 17.4 Å². The number of hydrogen-bond donors (Lipinski definition) is 3. The Hall–Kier alpha value is -1.44. The third kappa shape index (κ3) is 3.78. The summed E-state index contributed by atoms with van der Waals surface area (Å²) in [6.07, 6.45) is 2.95. The topological polar surface area (TPSA) is 99.3 Å². The maximum Gasteiger partial charge on any atom is 0.279 e. The van der Waals surface area contributed by atoms with Gasteiger partial charge in [0.2, 0.25) is 0 Å². The van der Waals surface area contributed by atoms with Crippen LogP contribution in [0.5, 0.6) is 0 Å². The Kier molecular flexibility index (Phi) is 4.74. The van der Waals surface area contributed by atoms with Crippen molar-refractivity contribution in [3.63, 3.8) is 0 Å². The summed E-state index contributed by atoms with van der Waals surface area (Å²) in [7, 11) is -3.39. The van der Waals surface area contributed by atoms with Crippen LogP contribution in [0.25, 0.3) is 0 Å². The van der Waals surface area contributed by atoms with Crippen LogP contribution in [0, 0.1) is 5.41 Å². The molecule has 2 rings (SSSR count). The van der Waals surface area contributed by atoms with Gasteiger partial charge in [0.1, 0.15) is 5.84 Å². The molecular formula is C13H20N4O2S. The van der Waals surface area contributed by atoms with E-state index in [1.165, 1.54) is 4.31 Å². The Morgan fingerprint density at radius 1 is 1.20 bits per heavy atom. The zero-order valence-electron chi connectivity index (χ0n) is 11.3. The minimum absolute atomic E-state index is 0.00504. The van der Waals surface area contributed by atoms with E-state index in [-0.39, 0.29) is 12.4 Å². The van der Waals surface area contributed by atoms with E-state index >= 15 is 0 Å². The molecule has 0 amide bonds. The number of hydrogen-bond acceptors (Lipinski definition) is 3. The maximum absolute atomic E-state index is 12.1. The van der Waals surface area contributed by atoms with Crippen LogP contribution < -0.4 is 10.5 Å². The minimum Gasteiger partial charge on any atom is -0.384 e. The van der Waals surface area contributed by atoms with Crippen molar-refractivity contribution in [1.29, 1.82) is 5.41 Å².